The molecule has 25 heavy (non-hydrogen) atoms. The highest BCUT2D eigenvalue weighted by molar-refractivity contribution is 6.15. The Morgan fingerprint density at radius 2 is 1.88 bits per heavy atom. The van der Waals surface area contributed by atoms with Gasteiger partial charge in [0.15, 0.2) is 0 Å². The van der Waals surface area contributed by atoms with Crippen LogP contribution in [-0.2, 0) is 14.3 Å². The summed E-state index contributed by atoms with van der Waals surface area (Å²) in [5, 5.41) is 0. The van der Waals surface area contributed by atoms with Crippen molar-refractivity contribution in [3.05, 3.63) is 42.5 Å². The number of esters is 1. The molecule has 1 aromatic carbocycles. The van der Waals surface area contributed by atoms with Crippen LogP contribution in [0.3, 0.4) is 0 Å². The van der Waals surface area contributed by atoms with Gasteiger partial charge in [-0.2, -0.15) is 0 Å². The summed E-state index contributed by atoms with van der Waals surface area (Å²) < 4.78 is 12.9. The molecule has 2 bridgehead atoms. The minimum absolute atomic E-state index is 0.00723. The number of nitrogens with zero attached hydrogens (tertiary/aromatic N) is 1. The number of carbonyl (C=O) groups excluding carboxylic acids is 1. The zero-order valence-corrected chi connectivity index (χ0v) is 15.2. The van der Waals surface area contributed by atoms with Crippen molar-refractivity contribution in [1.82, 2.24) is 0 Å². The van der Waals surface area contributed by atoms with Crippen molar-refractivity contribution in [2.75, 3.05) is 13.6 Å². The number of morpholine rings is 1. The SMILES string of the molecule is C=C(C(=O)OC1C[C@@H]2[C@H]3O[C@H]3[C@H](C1)[N+]2(C)CCCC)c1ccccc1. The van der Waals surface area contributed by atoms with E-state index < -0.39 is 0 Å². The molecule has 2 unspecified atom stereocenters. The van der Waals surface area contributed by atoms with Gasteiger partial charge in [-0.3, -0.25) is 0 Å². The molecule has 3 heterocycles. The monoisotopic (exact) mass is 342 g/mol. The molecule has 0 radical (unpaired) electrons. The fraction of sp³-hybridized carbons (Fsp3) is 0.571. The summed E-state index contributed by atoms with van der Waals surface area (Å²) in [6.45, 7) is 7.39. The Morgan fingerprint density at radius 1 is 1.24 bits per heavy atom. The average molecular weight is 342 g/mol. The van der Waals surface area contributed by atoms with E-state index in [0.717, 1.165) is 22.9 Å². The molecule has 3 saturated heterocycles. The van der Waals surface area contributed by atoms with Gasteiger partial charge in [0.05, 0.1) is 19.2 Å². The lowest BCUT2D eigenvalue weighted by Gasteiger charge is -2.48. The Bertz CT molecular complexity index is 653. The third-order valence-corrected chi connectivity index (χ3v) is 6.48. The van der Waals surface area contributed by atoms with Gasteiger partial charge in [0.25, 0.3) is 0 Å². The van der Waals surface area contributed by atoms with Gasteiger partial charge in [-0.15, -0.1) is 0 Å². The summed E-state index contributed by atoms with van der Waals surface area (Å²) >= 11 is 0. The number of carbonyl (C=O) groups is 1. The second-order valence-electron chi connectivity index (χ2n) is 7.97. The highest BCUT2D eigenvalue weighted by Gasteiger charge is 2.71. The van der Waals surface area contributed by atoms with E-state index in [1.54, 1.807) is 0 Å². The Labute approximate surface area is 150 Å². The molecule has 4 rings (SSSR count). The third kappa shape index (κ3) is 2.81. The van der Waals surface area contributed by atoms with Crippen LogP contribution < -0.4 is 0 Å². The molecule has 0 amide bonds. The predicted octanol–water partition coefficient (Wildman–Crippen LogP) is 3.17. The number of piperidine rings is 1. The van der Waals surface area contributed by atoms with Crippen LogP contribution in [0.25, 0.3) is 5.57 Å². The Balaban J connectivity index is 1.42. The van der Waals surface area contributed by atoms with Crippen molar-refractivity contribution in [1.29, 1.82) is 0 Å². The van der Waals surface area contributed by atoms with Gasteiger partial charge in [0, 0.05) is 12.8 Å². The van der Waals surface area contributed by atoms with Crippen LogP contribution in [0.1, 0.15) is 38.2 Å². The number of quaternary nitrogens is 1. The van der Waals surface area contributed by atoms with Crippen LogP contribution in [0.2, 0.25) is 0 Å². The van der Waals surface area contributed by atoms with Crippen LogP contribution in [0.5, 0.6) is 0 Å². The largest absolute Gasteiger partial charge is 0.458 e. The van der Waals surface area contributed by atoms with Gasteiger partial charge >= 0.3 is 5.97 Å². The first-order chi connectivity index (χ1) is 12.0. The summed E-state index contributed by atoms with van der Waals surface area (Å²) in [7, 11) is 2.38. The van der Waals surface area contributed by atoms with Crippen molar-refractivity contribution < 1.29 is 18.8 Å². The van der Waals surface area contributed by atoms with Crippen molar-refractivity contribution in [2.24, 2.45) is 0 Å². The summed E-state index contributed by atoms with van der Waals surface area (Å²) in [6, 6.07) is 10.5. The molecule has 0 aromatic heterocycles. The van der Waals surface area contributed by atoms with E-state index in [4.69, 9.17) is 9.47 Å². The fourth-order valence-electron chi connectivity index (χ4n) is 4.96. The van der Waals surface area contributed by atoms with E-state index in [-0.39, 0.29) is 12.1 Å². The lowest BCUT2D eigenvalue weighted by Crippen LogP contribution is -2.62. The number of benzene rings is 1. The minimum atomic E-state index is -0.283. The maximum absolute atomic E-state index is 12.5. The highest BCUT2D eigenvalue weighted by Crippen LogP contribution is 2.52. The Hall–Kier alpha value is -1.65. The molecular weight excluding hydrogens is 314 g/mol. The topological polar surface area (TPSA) is 38.8 Å². The Morgan fingerprint density at radius 3 is 2.48 bits per heavy atom. The zero-order chi connectivity index (χ0) is 17.6. The van der Waals surface area contributed by atoms with Crippen molar-refractivity contribution >= 4 is 11.5 Å². The second kappa shape index (κ2) is 6.26. The van der Waals surface area contributed by atoms with Gasteiger partial charge in [-0.05, 0) is 12.0 Å². The zero-order valence-electron chi connectivity index (χ0n) is 15.2. The van der Waals surface area contributed by atoms with Crippen LogP contribution >= 0.6 is 0 Å². The van der Waals surface area contributed by atoms with Gasteiger partial charge < -0.3 is 14.0 Å². The number of fused-ring (bicyclic) bond motifs is 5. The lowest BCUT2D eigenvalue weighted by molar-refractivity contribution is -0.956. The number of ether oxygens (including phenoxy) is 2. The molecule has 6 atom stereocenters. The van der Waals surface area contributed by atoms with E-state index >= 15 is 0 Å². The first kappa shape index (κ1) is 16.8. The number of hydrogen-bond acceptors (Lipinski definition) is 3. The highest BCUT2D eigenvalue weighted by atomic mass is 16.6. The van der Waals surface area contributed by atoms with Crippen LogP contribution in [0.15, 0.2) is 36.9 Å². The summed E-state index contributed by atoms with van der Waals surface area (Å²) in [4.78, 5) is 12.5. The quantitative estimate of drug-likeness (QED) is 0.345. The molecule has 3 fully saturated rings. The molecule has 3 aliphatic rings. The predicted molar refractivity (Wildman–Crippen MR) is 96.8 cm³/mol. The smallest absolute Gasteiger partial charge is 0.338 e. The third-order valence-electron chi connectivity index (χ3n) is 6.48. The van der Waals surface area contributed by atoms with Crippen molar-refractivity contribution in [2.45, 2.75) is 63.0 Å². The van der Waals surface area contributed by atoms with Crippen molar-refractivity contribution in [3.8, 4) is 0 Å². The van der Waals surface area contributed by atoms with E-state index in [1.165, 1.54) is 19.4 Å². The van der Waals surface area contributed by atoms with E-state index in [0.29, 0.717) is 29.9 Å². The van der Waals surface area contributed by atoms with Gasteiger partial charge in [-0.25, -0.2) is 4.79 Å². The molecule has 0 spiro atoms. The first-order valence-corrected chi connectivity index (χ1v) is 9.50. The first-order valence-electron chi connectivity index (χ1n) is 9.50. The molecule has 0 saturated carbocycles. The molecule has 1 aromatic rings. The molecule has 0 N–H and O–H groups in total. The summed E-state index contributed by atoms with van der Waals surface area (Å²) in [5.41, 5.74) is 1.28. The van der Waals surface area contributed by atoms with Gasteiger partial charge in [-0.1, -0.05) is 50.3 Å². The second-order valence-corrected chi connectivity index (χ2v) is 7.97. The number of likely N-dealkylation sites (N-methyl/N-ethyl adjacent to an activating group) is 1. The van der Waals surface area contributed by atoms with E-state index in [2.05, 4.69) is 20.6 Å². The summed E-state index contributed by atoms with van der Waals surface area (Å²) in [6.07, 6.45) is 5.04. The molecular formula is C21H28NO3+. The normalized spacial score (nSPS) is 38.1. The number of hydrogen-bond donors (Lipinski definition) is 0. The Kier molecular flexibility index (Phi) is 4.20. The molecule has 134 valence electrons. The van der Waals surface area contributed by atoms with Crippen LogP contribution in [0.4, 0.5) is 0 Å². The average Bonchev–Trinajstić information content (AvgIpc) is 3.38. The van der Waals surface area contributed by atoms with Crippen molar-refractivity contribution in [3.63, 3.8) is 0 Å². The van der Waals surface area contributed by atoms with Crippen LogP contribution in [0, 0.1) is 0 Å². The van der Waals surface area contributed by atoms with E-state index in [9.17, 15) is 4.79 Å². The molecule has 4 heteroatoms. The standard InChI is InChI=1S/C21H28NO3/c1-4-5-11-22(3)17-12-16(13-18(22)20-19(17)25-20)24-21(23)14(2)15-9-7-6-8-10-15/h6-10,16-20H,2,4-5,11-13H2,1,3H3/q+1/t16?,17-,18+,19-,20+,22?. The lowest BCUT2D eigenvalue weighted by atomic mass is 9.94. The maximum Gasteiger partial charge on any atom is 0.338 e. The number of unbranched alkanes of at least 4 members (excludes halogenated alkanes) is 1. The number of epoxide rings is 1. The van der Waals surface area contributed by atoms with Gasteiger partial charge in [0.2, 0.25) is 0 Å². The minimum Gasteiger partial charge on any atom is -0.458 e. The molecule has 4 nitrogen and oxygen atoms in total. The number of rotatable bonds is 6. The molecule has 0 aliphatic carbocycles. The fourth-order valence-corrected chi connectivity index (χ4v) is 4.96. The van der Waals surface area contributed by atoms with Gasteiger partial charge in [0.1, 0.15) is 30.4 Å². The maximum atomic E-state index is 12.5. The summed E-state index contributed by atoms with van der Waals surface area (Å²) in [5.74, 6) is -0.283. The molecule has 3 aliphatic heterocycles. The van der Waals surface area contributed by atoms with E-state index in [1.807, 2.05) is 30.3 Å². The van der Waals surface area contributed by atoms with Crippen LogP contribution in [-0.4, -0.2) is 54.4 Å².